The van der Waals surface area contributed by atoms with E-state index in [9.17, 15) is 0 Å². The second kappa shape index (κ2) is 3.52. The molecule has 0 aliphatic rings. The largest absolute Gasteiger partial charge is 0.431 e. The van der Waals surface area contributed by atoms with Crippen LogP contribution in [0.5, 0.6) is 0 Å². The first-order chi connectivity index (χ1) is 7.79. The standard InChI is InChI=1S/C13H11NOS/c1-8-10-6-4-3-5-9(10)7-11-12(8)14-13(15-11)16-2/h3-7H,1-2H3. The van der Waals surface area contributed by atoms with E-state index in [1.165, 1.54) is 28.1 Å². The topological polar surface area (TPSA) is 26.0 Å². The molecule has 3 heteroatoms. The first-order valence-corrected chi connectivity index (χ1v) is 6.35. The minimum Gasteiger partial charge on any atom is -0.431 e. The van der Waals surface area contributed by atoms with Gasteiger partial charge in [-0.15, -0.1) is 0 Å². The SMILES string of the molecule is CSc1nc2c(C)c3ccccc3cc2o1. The third-order valence-corrected chi connectivity index (χ3v) is 3.34. The summed E-state index contributed by atoms with van der Waals surface area (Å²) in [5.74, 6) is 0. The van der Waals surface area contributed by atoms with Crippen molar-refractivity contribution >= 4 is 33.6 Å². The Morgan fingerprint density at radius 1 is 1.25 bits per heavy atom. The number of benzene rings is 2. The Morgan fingerprint density at radius 2 is 2.06 bits per heavy atom. The molecule has 3 rings (SSSR count). The molecule has 0 unspecified atom stereocenters. The van der Waals surface area contributed by atoms with E-state index in [1.54, 1.807) is 0 Å². The monoisotopic (exact) mass is 229 g/mol. The number of aromatic nitrogens is 1. The molecule has 0 atom stereocenters. The van der Waals surface area contributed by atoms with Gasteiger partial charge in [0.05, 0.1) is 0 Å². The third-order valence-electron chi connectivity index (χ3n) is 2.81. The molecule has 1 heterocycles. The minimum absolute atomic E-state index is 0.730. The van der Waals surface area contributed by atoms with E-state index in [0.717, 1.165) is 16.3 Å². The molecule has 2 aromatic carbocycles. The van der Waals surface area contributed by atoms with Gasteiger partial charge in [0.1, 0.15) is 5.52 Å². The van der Waals surface area contributed by atoms with Crippen molar-refractivity contribution in [3.63, 3.8) is 0 Å². The van der Waals surface area contributed by atoms with Crippen molar-refractivity contribution in [3.05, 3.63) is 35.9 Å². The smallest absolute Gasteiger partial charge is 0.256 e. The maximum atomic E-state index is 5.66. The maximum absolute atomic E-state index is 5.66. The Kier molecular flexibility index (Phi) is 2.14. The summed E-state index contributed by atoms with van der Waals surface area (Å²) in [5, 5.41) is 3.18. The molecule has 0 fully saturated rings. The molecule has 0 N–H and O–H groups in total. The lowest BCUT2D eigenvalue weighted by Gasteiger charge is -2.01. The fourth-order valence-electron chi connectivity index (χ4n) is 2.00. The van der Waals surface area contributed by atoms with Gasteiger partial charge < -0.3 is 4.42 Å². The first kappa shape index (κ1) is 9.73. The fraction of sp³-hybridized carbons (Fsp3) is 0.154. The molecular weight excluding hydrogens is 218 g/mol. The van der Waals surface area contributed by atoms with Crippen LogP contribution in [-0.4, -0.2) is 11.2 Å². The number of hydrogen-bond donors (Lipinski definition) is 0. The van der Waals surface area contributed by atoms with Crippen molar-refractivity contribution in [2.45, 2.75) is 12.1 Å². The average molecular weight is 229 g/mol. The number of oxazole rings is 1. The van der Waals surface area contributed by atoms with Gasteiger partial charge in [0.2, 0.25) is 0 Å². The summed E-state index contributed by atoms with van der Waals surface area (Å²) < 4.78 is 5.66. The second-order valence-electron chi connectivity index (χ2n) is 3.75. The molecule has 0 amide bonds. The van der Waals surface area contributed by atoms with Gasteiger partial charge in [-0.1, -0.05) is 36.0 Å². The van der Waals surface area contributed by atoms with Crippen molar-refractivity contribution in [1.29, 1.82) is 0 Å². The normalized spacial score (nSPS) is 11.4. The van der Waals surface area contributed by atoms with Crippen LogP contribution >= 0.6 is 11.8 Å². The molecule has 1 aromatic heterocycles. The molecule has 16 heavy (non-hydrogen) atoms. The van der Waals surface area contributed by atoms with Gasteiger partial charge in [0.25, 0.3) is 5.22 Å². The first-order valence-electron chi connectivity index (χ1n) is 5.12. The number of aryl methyl sites for hydroxylation is 1. The Morgan fingerprint density at radius 3 is 2.88 bits per heavy atom. The van der Waals surface area contributed by atoms with E-state index < -0.39 is 0 Å². The molecule has 0 saturated heterocycles. The lowest BCUT2D eigenvalue weighted by molar-refractivity contribution is 0.490. The summed E-state index contributed by atoms with van der Waals surface area (Å²) in [6.45, 7) is 2.09. The van der Waals surface area contributed by atoms with Gasteiger partial charge in [0.15, 0.2) is 5.58 Å². The van der Waals surface area contributed by atoms with Crippen LogP contribution in [0.1, 0.15) is 5.56 Å². The van der Waals surface area contributed by atoms with Gasteiger partial charge in [0, 0.05) is 0 Å². The highest BCUT2D eigenvalue weighted by molar-refractivity contribution is 7.98. The van der Waals surface area contributed by atoms with Crippen LogP contribution in [0.4, 0.5) is 0 Å². The Balaban J connectivity index is 2.48. The predicted molar refractivity (Wildman–Crippen MR) is 68.0 cm³/mol. The van der Waals surface area contributed by atoms with Gasteiger partial charge in [-0.25, -0.2) is 4.98 Å². The molecule has 0 bridgehead atoms. The highest BCUT2D eigenvalue weighted by Crippen LogP contribution is 2.30. The molecule has 0 radical (unpaired) electrons. The number of nitrogens with zero attached hydrogens (tertiary/aromatic N) is 1. The van der Waals surface area contributed by atoms with E-state index in [1.807, 2.05) is 12.3 Å². The Labute approximate surface area is 97.7 Å². The van der Waals surface area contributed by atoms with Crippen molar-refractivity contribution in [3.8, 4) is 0 Å². The molecule has 3 aromatic rings. The van der Waals surface area contributed by atoms with Gasteiger partial charge >= 0.3 is 0 Å². The van der Waals surface area contributed by atoms with Crippen LogP contribution in [0, 0.1) is 6.92 Å². The average Bonchev–Trinajstić information content (AvgIpc) is 2.73. The summed E-state index contributed by atoms with van der Waals surface area (Å²) in [7, 11) is 0. The summed E-state index contributed by atoms with van der Waals surface area (Å²) in [4.78, 5) is 4.48. The van der Waals surface area contributed by atoms with Crippen LogP contribution in [0.3, 0.4) is 0 Å². The molecule has 0 saturated carbocycles. The van der Waals surface area contributed by atoms with E-state index in [4.69, 9.17) is 4.42 Å². The van der Waals surface area contributed by atoms with Crippen LogP contribution < -0.4 is 0 Å². The minimum atomic E-state index is 0.730. The molecule has 80 valence electrons. The second-order valence-corrected chi connectivity index (χ2v) is 4.51. The van der Waals surface area contributed by atoms with Crippen molar-refractivity contribution in [1.82, 2.24) is 4.98 Å². The quantitative estimate of drug-likeness (QED) is 0.590. The highest BCUT2D eigenvalue weighted by Gasteiger charge is 2.10. The summed E-state index contributed by atoms with van der Waals surface area (Å²) in [6, 6.07) is 10.4. The Bertz CT molecular complexity index is 672. The maximum Gasteiger partial charge on any atom is 0.256 e. The van der Waals surface area contributed by atoms with Crippen molar-refractivity contribution < 1.29 is 4.42 Å². The number of thioether (sulfide) groups is 1. The van der Waals surface area contributed by atoms with E-state index in [0.29, 0.717) is 0 Å². The van der Waals surface area contributed by atoms with Crippen LogP contribution in [0.2, 0.25) is 0 Å². The van der Waals surface area contributed by atoms with Crippen molar-refractivity contribution in [2.24, 2.45) is 0 Å². The zero-order chi connectivity index (χ0) is 11.1. The van der Waals surface area contributed by atoms with E-state index in [2.05, 4.69) is 36.2 Å². The van der Waals surface area contributed by atoms with Crippen LogP contribution in [-0.2, 0) is 0 Å². The third kappa shape index (κ3) is 1.32. The molecule has 0 aliphatic carbocycles. The van der Waals surface area contributed by atoms with Crippen molar-refractivity contribution in [2.75, 3.05) is 6.26 Å². The zero-order valence-electron chi connectivity index (χ0n) is 9.15. The molecular formula is C13H11NOS. The Hall–Kier alpha value is -1.48. The molecule has 2 nitrogen and oxygen atoms in total. The van der Waals surface area contributed by atoms with Gasteiger partial charge in [-0.2, -0.15) is 0 Å². The van der Waals surface area contributed by atoms with Gasteiger partial charge in [-0.3, -0.25) is 0 Å². The van der Waals surface area contributed by atoms with E-state index >= 15 is 0 Å². The van der Waals surface area contributed by atoms with E-state index in [-0.39, 0.29) is 0 Å². The lowest BCUT2D eigenvalue weighted by atomic mass is 10.0. The summed E-state index contributed by atoms with van der Waals surface area (Å²) >= 11 is 1.53. The van der Waals surface area contributed by atoms with Crippen LogP contribution in [0.25, 0.3) is 21.9 Å². The highest BCUT2D eigenvalue weighted by atomic mass is 32.2. The zero-order valence-corrected chi connectivity index (χ0v) is 9.97. The lowest BCUT2D eigenvalue weighted by Crippen LogP contribution is -1.80. The predicted octanol–water partition coefficient (Wildman–Crippen LogP) is 4.01. The number of rotatable bonds is 1. The van der Waals surface area contributed by atoms with Crippen LogP contribution in [0.15, 0.2) is 40.0 Å². The summed E-state index contributed by atoms with van der Waals surface area (Å²) in [6.07, 6.45) is 1.97. The number of fused-ring (bicyclic) bond motifs is 2. The van der Waals surface area contributed by atoms with Gasteiger partial charge in [-0.05, 0) is 35.6 Å². The molecule has 0 aliphatic heterocycles. The number of hydrogen-bond acceptors (Lipinski definition) is 3. The fourth-order valence-corrected chi connectivity index (χ4v) is 2.35. The summed E-state index contributed by atoms with van der Waals surface area (Å²) in [5.41, 5.74) is 3.04. The molecule has 0 spiro atoms.